The van der Waals surface area contributed by atoms with Gasteiger partial charge in [0.2, 0.25) is 5.91 Å². The van der Waals surface area contributed by atoms with Crippen LogP contribution in [0.2, 0.25) is 0 Å². The van der Waals surface area contributed by atoms with E-state index >= 15 is 0 Å². The number of fused-ring (bicyclic) bond motifs is 1. The van der Waals surface area contributed by atoms with Crippen molar-refractivity contribution in [3.05, 3.63) is 29.3 Å². The molecular formula is C15H19N3OS. The summed E-state index contributed by atoms with van der Waals surface area (Å²) in [6, 6.07) is 8.14. The number of carbonyl (C=O) groups is 1. The Bertz CT molecular complexity index is 557. The van der Waals surface area contributed by atoms with Gasteiger partial charge in [-0.15, -0.1) is 11.3 Å². The zero-order valence-corrected chi connectivity index (χ0v) is 12.2. The number of hydrogen-bond acceptors (Lipinski definition) is 4. The molecule has 1 aliphatic heterocycles. The molecule has 1 saturated heterocycles. The molecule has 5 heteroatoms. The lowest BCUT2D eigenvalue weighted by Gasteiger charge is -2.22. The van der Waals surface area contributed by atoms with E-state index in [1.54, 1.807) is 11.3 Å². The Morgan fingerprint density at radius 3 is 3.10 bits per heavy atom. The molecule has 1 fully saturated rings. The fourth-order valence-corrected chi connectivity index (χ4v) is 3.49. The van der Waals surface area contributed by atoms with Crippen LogP contribution in [0.5, 0.6) is 0 Å². The molecular weight excluding hydrogens is 270 g/mol. The minimum atomic E-state index is -0.000817. The van der Waals surface area contributed by atoms with Crippen LogP contribution in [0.1, 0.15) is 24.3 Å². The van der Waals surface area contributed by atoms with Crippen molar-refractivity contribution in [1.82, 2.24) is 15.6 Å². The number of amides is 1. The van der Waals surface area contributed by atoms with Crippen LogP contribution in [0.25, 0.3) is 10.2 Å². The largest absolute Gasteiger partial charge is 0.354 e. The van der Waals surface area contributed by atoms with Gasteiger partial charge in [-0.2, -0.15) is 0 Å². The maximum Gasteiger partial charge on any atom is 0.237 e. The second-order valence-electron chi connectivity index (χ2n) is 5.12. The first-order chi connectivity index (χ1) is 9.83. The van der Waals surface area contributed by atoms with Crippen molar-refractivity contribution in [2.45, 2.75) is 31.7 Å². The van der Waals surface area contributed by atoms with Crippen LogP contribution in [0.15, 0.2) is 24.3 Å². The third kappa shape index (κ3) is 3.16. The van der Waals surface area contributed by atoms with Crippen molar-refractivity contribution in [2.75, 3.05) is 13.1 Å². The van der Waals surface area contributed by atoms with Crippen molar-refractivity contribution in [1.29, 1.82) is 0 Å². The van der Waals surface area contributed by atoms with Crippen LogP contribution < -0.4 is 10.6 Å². The van der Waals surface area contributed by atoms with E-state index in [1.807, 2.05) is 18.2 Å². The number of carbonyl (C=O) groups excluding carboxylic acids is 1. The van der Waals surface area contributed by atoms with Crippen molar-refractivity contribution < 1.29 is 4.79 Å². The standard InChI is InChI=1S/C15H19N3OS/c19-15(12-6-3-4-9-16-12)17-10-8-14-18-11-5-1-2-7-13(11)20-14/h1-2,5,7,12,16H,3-4,6,8-10H2,(H,17,19)/t12-/m1/s1. The third-order valence-corrected chi connectivity index (χ3v) is 4.70. The number of thiazole rings is 1. The second-order valence-corrected chi connectivity index (χ2v) is 6.23. The maximum absolute atomic E-state index is 12.0. The molecule has 0 aliphatic carbocycles. The molecule has 1 aromatic heterocycles. The van der Waals surface area contributed by atoms with Crippen LogP contribution in [0, 0.1) is 0 Å². The molecule has 1 amide bonds. The van der Waals surface area contributed by atoms with Gasteiger partial charge in [-0.3, -0.25) is 4.79 Å². The summed E-state index contributed by atoms with van der Waals surface area (Å²) in [6.07, 6.45) is 4.07. The molecule has 0 unspecified atom stereocenters. The normalized spacial score (nSPS) is 19.1. The zero-order chi connectivity index (χ0) is 13.8. The second kappa shape index (κ2) is 6.33. The minimum absolute atomic E-state index is 0.000817. The van der Waals surface area contributed by atoms with Crippen LogP contribution in [0.3, 0.4) is 0 Å². The summed E-state index contributed by atoms with van der Waals surface area (Å²) in [5, 5.41) is 7.36. The molecule has 1 aromatic carbocycles. The molecule has 3 rings (SSSR count). The summed E-state index contributed by atoms with van der Waals surface area (Å²) in [6.45, 7) is 1.62. The molecule has 4 nitrogen and oxygen atoms in total. The minimum Gasteiger partial charge on any atom is -0.354 e. The van der Waals surface area contributed by atoms with Gasteiger partial charge in [0.15, 0.2) is 0 Å². The summed E-state index contributed by atoms with van der Waals surface area (Å²) in [5.41, 5.74) is 1.05. The van der Waals surface area contributed by atoms with Gasteiger partial charge in [0.1, 0.15) is 0 Å². The molecule has 0 bridgehead atoms. The Labute approximate surface area is 122 Å². The van der Waals surface area contributed by atoms with E-state index in [9.17, 15) is 4.79 Å². The van der Waals surface area contributed by atoms with Gasteiger partial charge < -0.3 is 10.6 Å². The first-order valence-corrected chi connectivity index (χ1v) is 8.00. The Kier molecular flexibility index (Phi) is 4.28. The highest BCUT2D eigenvalue weighted by atomic mass is 32.1. The number of benzene rings is 1. The third-order valence-electron chi connectivity index (χ3n) is 3.60. The van der Waals surface area contributed by atoms with Crippen molar-refractivity contribution in [2.24, 2.45) is 0 Å². The van der Waals surface area contributed by atoms with Crippen molar-refractivity contribution in [3.8, 4) is 0 Å². The topological polar surface area (TPSA) is 54.0 Å². The number of nitrogens with zero attached hydrogens (tertiary/aromatic N) is 1. The highest BCUT2D eigenvalue weighted by Gasteiger charge is 2.19. The van der Waals surface area contributed by atoms with Gasteiger partial charge in [0.05, 0.1) is 21.3 Å². The fraction of sp³-hybridized carbons (Fsp3) is 0.467. The molecule has 1 aliphatic rings. The van der Waals surface area contributed by atoms with E-state index in [0.29, 0.717) is 6.54 Å². The molecule has 0 radical (unpaired) electrons. The van der Waals surface area contributed by atoms with Crippen molar-refractivity contribution >= 4 is 27.5 Å². The SMILES string of the molecule is O=C(NCCc1nc2ccccc2s1)[C@H]1CCCCN1. The Hall–Kier alpha value is -1.46. The summed E-state index contributed by atoms with van der Waals surface area (Å²) in [5.74, 6) is 0.130. The maximum atomic E-state index is 12.0. The number of para-hydroxylation sites is 1. The van der Waals surface area contributed by atoms with Crippen LogP contribution in [-0.4, -0.2) is 30.0 Å². The molecule has 2 aromatic rings. The lowest BCUT2D eigenvalue weighted by atomic mass is 10.0. The predicted octanol–water partition coefficient (Wildman–Crippen LogP) is 2.10. The monoisotopic (exact) mass is 289 g/mol. The fourth-order valence-electron chi connectivity index (χ4n) is 2.52. The summed E-state index contributed by atoms with van der Waals surface area (Å²) in [4.78, 5) is 16.5. The van der Waals surface area contributed by atoms with Crippen molar-refractivity contribution in [3.63, 3.8) is 0 Å². The van der Waals surface area contributed by atoms with Gasteiger partial charge in [0.25, 0.3) is 0 Å². The van der Waals surface area contributed by atoms with E-state index in [4.69, 9.17) is 0 Å². The van der Waals surface area contributed by atoms with Gasteiger partial charge in [-0.25, -0.2) is 4.98 Å². The van der Waals surface area contributed by atoms with E-state index < -0.39 is 0 Å². The number of rotatable bonds is 4. The zero-order valence-electron chi connectivity index (χ0n) is 11.4. The van der Waals surface area contributed by atoms with Gasteiger partial charge >= 0.3 is 0 Å². The average molecular weight is 289 g/mol. The number of piperidine rings is 1. The summed E-state index contributed by atoms with van der Waals surface area (Å²) >= 11 is 1.71. The molecule has 20 heavy (non-hydrogen) atoms. The molecule has 106 valence electrons. The first kappa shape index (κ1) is 13.5. The van der Waals surface area contributed by atoms with Crippen LogP contribution in [0.4, 0.5) is 0 Å². The number of hydrogen-bond donors (Lipinski definition) is 2. The van der Waals surface area contributed by atoms with E-state index in [1.165, 1.54) is 11.1 Å². The van der Waals surface area contributed by atoms with E-state index in [2.05, 4.69) is 21.7 Å². The average Bonchev–Trinajstić information content (AvgIpc) is 2.90. The van der Waals surface area contributed by atoms with E-state index in [0.717, 1.165) is 36.3 Å². The molecule has 1 atom stereocenters. The van der Waals surface area contributed by atoms with E-state index in [-0.39, 0.29) is 11.9 Å². The molecule has 0 spiro atoms. The Morgan fingerprint density at radius 1 is 1.40 bits per heavy atom. The summed E-state index contributed by atoms with van der Waals surface area (Å²) in [7, 11) is 0. The smallest absolute Gasteiger partial charge is 0.237 e. The molecule has 2 heterocycles. The Morgan fingerprint density at radius 2 is 2.30 bits per heavy atom. The number of aromatic nitrogens is 1. The lowest BCUT2D eigenvalue weighted by Crippen LogP contribution is -2.47. The molecule has 0 saturated carbocycles. The van der Waals surface area contributed by atoms with Gasteiger partial charge in [-0.1, -0.05) is 18.6 Å². The molecule has 2 N–H and O–H groups in total. The lowest BCUT2D eigenvalue weighted by molar-refractivity contribution is -0.123. The van der Waals surface area contributed by atoms with Gasteiger partial charge in [-0.05, 0) is 31.5 Å². The quantitative estimate of drug-likeness (QED) is 0.906. The van der Waals surface area contributed by atoms with Crippen LogP contribution >= 0.6 is 11.3 Å². The van der Waals surface area contributed by atoms with Crippen LogP contribution in [-0.2, 0) is 11.2 Å². The van der Waals surface area contributed by atoms with Gasteiger partial charge in [0, 0.05) is 13.0 Å². The number of nitrogens with one attached hydrogen (secondary N) is 2. The predicted molar refractivity (Wildman–Crippen MR) is 82.0 cm³/mol. The highest BCUT2D eigenvalue weighted by Crippen LogP contribution is 2.21. The first-order valence-electron chi connectivity index (χ1n) is 7.18. The summed E-state index contributed by atoms with van der Waals surface area (Å²) < 4.78 is 1.21. The Balaban J connectivity index is 1.50. The highest BCUT2D eigenvalue weighted by molar-refractivity contribution is 7.18.